The Balaban J connectivity index is 1.62. The van der Waals surface area contributed by atoms with E-state index in [4.69, 9.17) is 0 Å². The Morgan fingerprint density at radius 1 is 1.22 bits per heavy atom. The van der Waals surface area contributed by atoms with Crippen LogP contribution in [0.4, 0.5) is 0 Å². The van der Waals surface area contributed by atoms with Gasteiger partial charge in [-0.25, -0.2) is 0 Å². The fraction of sp³-hybridized carbons (Fsp3) is 0.556. The molecule has 0 bridgehead atoms. The minimum atomic E-state index is -0.323. The maximum absolute atomic E-state index is 12.6. The van der Waals surface area contributed by atoms with E-state index >= 15 is 0 Å². The van der Waals surface area contributed by atoms with E-state index in [1.165, 1.54) is 0 Å². The average Bonchev–Trinajstić information content (AvgIpc) is 3.26. The number of rotatable bonds is 4. The fourth-order valence-electron chi connectivity index (χ4n) is 3.53. The average molecular weight is 315 g/mol. The van der Waals surface area contributed by atoms with Crippen LogP contribution in [0.25, 0.3) is 0 Å². The third-order valence-corrected chi connectivity index (χ3v) is 4.86. The minimum Gasteiger partial charge on any atom is -0.348 e. The molecule has 3 atom stereocenters. The third-order valence-electron chi connectivity index (χ3n) is 4.86. The normalized spacial score (nSPS) is 25.3. The van der Waals surface area contributed by atoms with Crippen LogP contribution in [0.2, 0.25) is 0 Å². The molecule has 1 aromatic rings. The van der Waals surface area contributed by atoms with Gasteiger partial charge < -0.3 is 15.5 Å². The number of carbonyl (C=O) groups excluding carboxylic acids is 2. The summed E-state index contributed by atoms with van der Waals surface area (Å²) in [5.41, 5.74) is 1.08. The zero-order valence-electron chi connectivity index (χ0n) is 13.6. The highest BCUT2D eigenvalue weighted by atomic mass is 16.2. The molecule has 0 radical (unpaired) electrons. The summed E-state index contributed by atoms with van der Waals surface area (Å²) < 4.78 is 0. The third kappa shape index (κ3) is 3.55. The molecule has 0 saturated carbocycles. The molecule has 0 unspecified atom stereocenters. The van der Waals surface area contributed by atoms with Crippen molar-refractivity contribution in [3.63, 3.8) is 0 Å². The molecule has 124 valence electrons. The van der Waals surface area contributed by atoms with Gasteiger partial charge in [0.25, 0.3) is 0 Å². The highest BCUT2D eigenvalue weighted by molar-refractivity contribution is 5.90. The first-order valence-corrected chi connectivity index (χ1v) is 8.56. The Morgan fingerprint density at radius 2 is 2.00 bits per heavy atom. The summed E-state index contributed by atoms with van der Waals surface area (Å²) in [6.07, 6.45) is 3.57. The summed E-state index contributed by atoms with van der Waals surface area (Å²) >= 11 is 0. The van der Waals surface area contributed by atoms with Crippen molar-refractivity contribution in [2.24, 2.45) is 0 Å². The van der Waals surface area contributed by atoms with Crippen LogP contribution in [0.1, 0.15) is 44.2 Å². The molecular formula is C18H25N3O2. The lowest BCUT2D eigenvalue weighted by atomic mass is 10.1. The van der Waals surface area contributed by atoms with Crippen molar-refractivity contribution >= 4 is 11.8 Å². The lowest BCUT2D eigenvalue weighted by molar-refractivity contribution is -0.140. The number of nitrogens with zero attached hydrogens (tertiary/aromatic N) is 1. The molecular weight excluding hydrogens is 290 g/mol. The molecule has 3 rings (SSSR count). The molecule has 5 nitrogen and oxygen atoms in total. The van der Waals surface area contributed by atoms with Crippen molar-refractivity contribution < 1.29 is 9.59 Å². The molecule has 2 heterocycles. The molecule has 0 aliphatic carbocycles. The van der Waals surface area contributed by atoms with Gasteiger partial charge in [0.1, 0.15) is 6.04 Å². The zero-order valence-corrected chi connectivity index (χ0v) is 13.6. The quantitative estimate of drug-likeness (QED) is 0.887. The summed E-state index contributed by atoms with van der Waals surface area (Å²) in [4.78, 5) is 27.0. The first-order valence-electron chi connectivity index (χ1n) is 8.56. The minimum absolute atomic E-state index is 0.0369. The lowest BCUT2D eigenvalue weighted by Crippen LogP contribution is -2.51. The predicted octanol–water partition coefficient (Wildman–Crippen LogP) is 1.61. The van der Waals surface area contributed by atoms with Crippen LogP contribution >= 0.6 is 0 Å². The van der Waals surface area contributed by atoms with Gasteiger partial charge in [0.2, 0.25) is 11.8 Å². The van der Waals surface area contributed by atoms with Gasteiger partial charge in [-0.15, -0.1) is 0 Å². The van der Waals surface area contributed by atoms with E-state index in [-0.39, 0.29) is 29.9 Å². The molecule has 0 spiro atoms. The second kappa shape index (κ2) is 7.13. The largest absolute Gasteiger partial charge is 0.348 e. The Kier molecular flexibility index (Phi) is 4.96. The molecule has 23 heavy (non-hydrogen) atoms. The highest BCUT2D eigenvalue weighted by Gasteiger charge is 2.38. The van der Waals surface area contributed by atoms with Gasteiger partial charge in [0, 0.05) is 6.54 Å². The smallest absolute Gasteiger partial charge is 0.243 e. The summed E-state index contributed by atoms with van der Waals surface area (Å²) in [7, 11) is 0. The molecule has 2 aliphatic rings. The van der Waals surface area contributed by atoms with Gasteiger partial charge >= 0.3 is 0 Å². The maximum Gasteiger partial charge on any atom is 0.243 e. The van der Waals surface area contributed by atoms with Gasteiger partial charge in [0.15, 0.2) is 0 Å². The molecule has 5 heteroatoms. The summed E-state index contributed by atoms with van der Waals surface area (Å²) in [6, 6.07) is 9.43. The molecule has 2 saturated heterocycles. The molecule has 2 amide bonds. The van der Waals surface area contributed by atoms with Gasteiger partial charge in [-0.2, -0.15) is 0 Å². The van der Waals surface area contributed by atoms with Gasteiger partial charge in [-0.05, 0) is 44.7 Å². The first-order chi connectivity index (χ1) is 11.2. The van der Waals surface area contributed by atoms with Crippen molar-refractivity contribution in [3.8, 4) is 0 Å². The summed E-state index contributed by atoms with van der Waals surface area (Å²) in [5, 5.41) is 6.30. The van der Waals surface area contributed by atoms with E-state index in [2.05, 4.69) is 10.6 Å². The zero-order chi connectivity index (χ0) is 16.2. The van der Waals surface area contributed by atoms with E-state index in [9.17, 15) is 9.59 Å². The van der Waals surface area contributed by atoms with Crippen molar-refractivity contribution in [1.29, 1.82) is 0 Å². The van der Waals surface area contributed by atoms with Crippen molar-refractivity contribution in [3.05, 3.63) is 35.9 Å². The summed E-state index contributed by atoms with van der Waals surface area (Å²) in [5.74, 6) is 0.0534. The van der Waals surface area contributed by atoms with E-state index in [1.54, 1.807) is 4.90 Å². The monoisotopic (exact) mass is 315 g/mol. The van der Waals surface area contributed by atoms with E-state index in [0.717, 1.165) is 37.8 Å². The topological polar surface area (TPSA) is 61.4 Å². The lowest BCUT2D eigenvalue weighted by Gasteiger charge is -2.28. The predicted molar refractivity (Wildman–Crippen MR) is 88.8 cm³/mol. The van der Waals surface area contributed by atoms with Crippen LogP contribution < -0.4 is 10.6 Å². The van der Waals surface area contributed by atoms with Crippen LogP contribution in [-0.4, -0.2) is 41.9 Å². The number of carbonyl (C=O) groups is 2. The number of hydrogen-bond acceptors (Lipinski definition) is 3. The Hall–Kier alpha value is -1.88. The summed E-state index contributed by atoms with van der Waals surface area (Å²) in [6.45, 7) is 3.56. The molecule has 1 aromatic carbocycles. The van der Waals surface area contributed by atoms with Crippen LogP contribution in [-0.2, 0) is 9.59 Å². The van der Waals surface area contributed by atoms with Crippen LogP contribution in [0.15, 0.2) is 30.3 Å². The van der Waals surface area contributed by atoms with Gasteiger partial charge in [0.05, 0.1) is 12.1 Å². The maximum atomic E-state index is 12.6. The van der Waals surface area contributed by atoms with Crippen LogP contribution in [0.5, 0.6) is 0 Å². The first kappa shape index (κ1) is 16.0. The Labute approximate surface area is 137 Å². The van der Waals surface area contributed by atoms with Crippen molar-refractivity contribution in [2.45, 2.75) is 50.7 Å². The molecule has 0 aromatic heterocycles. The van der Waals surface area contributed by atoms with Crippen molar-refractivity contribution in [1.82, 2.24) is 15.5 Å². The number of amides is 2. The highest BCUT2D eigenvalue weighted by Crippen LogP contribution is 2.22. The van der Waals surface area contributed by atoms with Gasteiger partial charge in [-0.1, -0.05) is 30.3 Å². The molecule has 2 N–H and O–H groups in total. The fourth-order valence-corrected chi connectivity index (χ4v) is 3.53. The van der Waals surface area contributed by atoms with Gasteiger partial charge in [-0.3, -0.25) is 9.59 Å². The SMILES string of the molecule is C[C@@H](NC(=O)[C@@H]1CCCN1C(=O)[C@H]1CCCN1)c1ccccc1. The number of benzene rings is 1. The standard InChI is InChI=1S/C18H25N3O2/c1-13(14-7-3-2-4-8-14)20-17(22)16-10-6-12-21(16)18(23)15-9-5-11-19-15/h2-4,7-8,13,15-16,19H,5-6,9-12H2,1H3,(H,20,22)/t13-,15-,16+/m1/s1. The number of likely N-dealkylation sites (tertiary alicyclic amines) is 1. The second-order valence-corrected chi connectivity index (χ2v) is 6.48. The van der Waals surface area contributed by atoms with Crippen LogP contribution in [0, 0.1) is 0 Å². The Morgan fingerprint density at radius 3 is 2.70 bits per heavy atom. The van der Waals surface area contributed by atoms with E-state index in [0.29, 0.717) is 6.54 Å². The number of nitrogens with one attached hydrogen (secondary N) is 2. The van der Waals surface area contributed by atoms with Crippen molar-refractivity contribution in [2.75, 3.05) is 13.1 Å². The molecule has 2 fully saturated rings. The molecule has 2 aliphatic heterocycles. The second-order valence-electron chi connectivity index (χ2n) is 6.48. The Bertz CT molecular complexity index is 555. The number of hydrogen-bond donors (Lipinski definition) is 2. The van der Waals surface area contributed by atoms with Crippen LogP contribution in [0.3, 0.4) is 0 Å². The van der Waals surface area contributed by atoms with E-state index < -0.39 is 0 Å². The van der Waals surface area contributed by atoms with E-state index in [1.807, 2.05) is 37.3 Å².